The molecule has 1 amide bonds. The van der Waals surface area contributed by atoms with Crippen molar-refractivity contribution in [3.05, 3.63) is 0 Å². The van der Waals surface area contributed by atoms with Crippen molar-refractivity contribution in [3.8, 4) is 0 Å². The van der Waals surface area contributed by atoms with E-state index in [0.717, 1.165) is 12.8 Å². The first-order valence-corrected chi connectivity index (χ1v) is 6.52. The van der Waals surface area contributed by atoms with Gasteiger partial charge < -0.3 is 19.9 Å². The molecule has 18 heavy (non-hydrogen) atoms. The van der Waals surface area contributed by atoms with Crippen LogP contribution >= 0.6 is 0 Å². The molecule has 5 heteroatoms. The molecule has 0 spiro atoms. The van der Waals surface area contributed by atoms with Crippen LogP contribution in [0, 0.1) is 5.92 Å². The predicted octanol–water partition coefficient (Wildman–Crippen LogP) is 1.69. The van der Waals surface area contributed by atoms with Gasteiger partial charge in [0.25, 0.3) is 0 Å². The van der Waals surface area contributed by atoms with Crippen molar-refractivity contribution in [3.63, 3.8) is 0 Å². The Morgan fingerprint density at radius 2 is 2.06 bits per heavy atom. The van der Waals surface area contributed by atoms with Crippen LogP contribution in [0.2, 0.25) is 0 Å². The van der Waals surface area contributed by atoms with E-state index in [9.17, 15) is 4.79 Å². The standard InChI is InChI=1S/C13H25NO4/c1-9(14-12(16)18-13(2,3)4)8-17-11-5-10(6-11)7-15/h9-11,15H,5-8H2,1-4H3,(H,14,16)/t9-,10?,11?/m1/s1. The van der Waals surface area contributed by atoms with E-state index < -0.39 is 11.7 Å². The maximum absolute atomic E-state index is 11.5. The van der Waals surface area contributed by atoms with Gasteiger partial charge in [-0.15, -0.1) is 0 Å². The minimum Gasteiger partial charge on any atom is -0.444 e. The number of ether oxygens (including phenoxy) is 2. The van der Waals surface area contributed by atoms with E-state index in [1.807, 2.05) is 27.7 Å². The Bertz CT molecular complexity index is 269. The van der Waals surface area contributed by atoms with E-state index in [1.165, 1.54) is 0 Å². The Hall–Kier alpha value is -0.810. The minimum atomic E-state index is -0.479. The molecular weight excluding hydrogens is 234 g/mol. The molecule has 0 heterocycles. The van der Waals surface area contributed by atoms with Gasteiger partial charge in [-0.2, -0.15) is 0 Å². The Labute approximate surface area is 109 Å². The molecule has 0 saturated heterocycles. The van der Waals surface area contributed by atoms with Gasteiger partial charge in [-0.1, -0.05) is 0 Å². The maximum atomic E-state index is 11.5. The van der Waals surface area contributed by atoms with Crippen molar-refractivity contribution >= 4 is 6.09 Å². The molecule has 0 radical (unpaired) electrons. The van der Waals surface area contributed by atoms with Gasteiger partial charge in [-0.3, -0.25) is 0 Å². The summed E-state index contributed by atoms with van der Waals surface area (Å²) >= 11 is 0. The third-order valence-corrected chi connectivity index (χ3v) is 2.80. The highest BCUT2D eigenvalue weighted by molar-refractivity contribution is 5.68. The summed E-state index contributed by atoms with van der Waals surface area (Å²) in [4.78, 5) is 11.5. The Balaban J connectivity index is 2.10. The smallest absolute Gasteiger partial charge is 0.407 e. The van der Waals surface area contributed by atoms with E-state index in [1.54, 1.807) is 0 Å². The predicted molar refractivity (Wildman–Crippen MR) is 68.4 cm³/mol. The van der Waals surface area contributed by atoms with Crippen molar-refractivity contribution in [2.75, 3.05) is 13.2 Å². The molecule has 1 aliphatic rings. The summed E-state index contributed by atoms with van der Waals surface area (Å²) in [5.41, 5.74) is -0.479. The van der Waals surface area contributed by atoms with Gasteiger partial charge in [0, 0.05) is 6.61 Å². The van der Waals surface area contributed by atoms with E-state index in [4.69, 9.17) is 14.6 Å². The monoisotopic (exact) mass is 259 g/mol. The molecule has 1 aliphatic carbocycles. The van der Waals surface area contributed by atoms with E-state index in [-0.39, 0.29) is 18.8 Å². The van der Waals surface area contributed by atoms with Crippen molar-refractivity contribution in [1.29, 1.82) is 0 Å². The molecule has 1 fully saturated rings. The molecule has 5 nitrogen and oxygen atoms in total. The zero-order chi connectivity index (χ0) is 13.8. The number of hydrogen-bond acceptors (Lipinski definition) is 4. The first kappa shape index (κ1) is 15.2. The Morgan fingerprint density at radius 3 is 2.56 bits per heavy atom. The fraction of sp³-hybridized carbons (Fsp3) is 0.923. The van der Waals surface area contributed by atoms with E-state index in [2.05, 4.69) is 5.32 Å². The van der Waals surface area contributed by atoms with Crippen LogP contribution in [-0.4, -0.2) is 42.2 Å². The van der Waals surface area contributed by atoms with E-state index in [0.29, 0.717) is 12.5 Å². The molecule has 0 unspecified atom stereocenters. The summed E-state index contributed by atoms with van der Waals surface area (Å²) in [5.74, 6) is 0.393. The van der Waals surface area contributed by atoms with Crippen molar-refractivity contribution in [2.45, 2.75) is 58.3 Å². The van der Waals surface area contributed by atoms with E-state index >= 15 is 0 Å². The summed E-state index contributed by atoms with van der Waals surface area (Å²) in [6.45, 7) is 8.09. The van der Waals surface area contributed by atoms with Gasteiger partial charge in [0.15, 0.2) is 0 Å². The SMILES string of the molecule is C[C@H](COC1CC(CO)C1)NC(=O)OC(C)(C)C. The molecule has 1 atom stereocenters. The van der Waals surface area contributed by atoms with Gasteiger partial charge in [0.1, 0.15) is 5.60 Å². The van der Waals surface area contributed by atoms with Crippen LogP contribution in [-0.2, 0) is 9.47 Å². The second-order valence-corrected chi connectivity index (χ2v) is 6.02. The van der Waals surface area contributed by atoms with Crippen LogP contribution in [0.5, 0.6) is 0 Å². The average Bonchev–Trinajstić information content (AvgIpc) is 2.12. The van der Waals surface area contributed by atoms with Crippen molar-refractivity contribution in [2.24, 2.45) is 5.92 Å². The lowest BCUT2D eigenvalue weighted by atomic mass is 9.83. The van der Waals surface area contributed by atoms with Crippen LogP contribution in [0.1, 0.15) is 40.5 Å². The van der Waals surface area contributed by atoms with Gasteiger partial charge in [-0.25, -0.2) is 4.79 Å². The minimum absolute atomic E-state index is 0.0759. The summed E-state index contributed by atoms with van der Waals surface area (Å²) in [7, 11) is 0. The average molecular weight is 259 g/mol. The number of carbonyl (C=O) groups is 1. The summed E-state index contributed by atoms with van der Waals surface area (Å²) in [6.07, 6.45) is 1.64. The Morgan fingerprint density at radius 1 is 1.44 bits per heavy atom. The number of rotatable bonds is 5. The van der Waals surface area contributed by atoms with Crippen molar-refractivity contribution in [1.82, 2.24) is 5.32 Å². The molecule has 0 aromatic carbocycles. The van der Waals surface area contributed by atoms with Gasteiger partial charge in [-0.05, 0) is 46.5 Å². The van der Waals surface area contributed by atoms with Crippen molar-refractivity contribution < 1.29 is 19.4 Å². The Kier molecular flexibility index (Phi) is 5.41. The van der Waals surface area contributed by atoms with Gasteiger partial charge in [0.05, 0.1) is 18.8 Å². The summed E-state index contributed by atoms with van der Waals surface area (Å²) in [6, 6.07) is -0.0759. The second-order valence-electron chi connectivity index (χ2n) is 6.02. The van der Waals surface area contributed by atoms with Crippen LogP contribution in [0.15, 0.2) is 0 Å². The molecule has 2 N–H and O–H groups in total. The highest BCUT2D eigenvalue weighted by Gasteiger charge is 2.29. The first-order valence-electron chi connectivity index (χ1n) is 6.52. The lowest BCUT2D eigenvalue weighted by Crippen LogP contribution is -2.42. The third kappa shape index (κ3) is 5.69. The first-order chi connectivity index (χ1) is 8.30. The maximum Gasteiger partial charge on any atom is 0.407 e. The summed E-state index contributed by atoms with van der Waals surface area (Å²) < 4.78 is 10.8. The molecule has 0 bridgehead atoms. The van der Waals surface area contributed by atoms with Crippen LogP contribution in [0.3, 0.4) is 0 Å². The molecular formula is C13H25NO4. The summed E-state index contributed by atoms with van der Waals surface area (Å²) in [5, 5.41) is 11.6. The van der Waals surface area contributed by atoms with Crippen LogP contribution in [0.4, 0.5) is 4.79 Å². The normalized spacial score (nSPS) is 25.2. The van der Waals surface area contributed by atoms with Gasteiger partial charge in [0.2, 0.25) is 0 Å². The zero-order valence-corrected chi connectivity index (χ0v) is 11.7. The molecule has 0 aliphatic heterocycles. The molecule has 106 valence electrons. The largest absolute Gasteiger partial charge is 0.444 e. The van der Waals surface area contributed by atoms with Crippen LogP contribution < -0.4 is 5.32 Å². The number of amides is 1. The quantitative estimate of drug-likeness (QED) is 0.788. The number of aliphatic hydroxyl groups excluding tert-OH is 1. The number of nitrogens with one attached hydrogen (secondary N) is 1. The lowest BCUT2D eigenvalue weighted by Gasteiger charge is -2.34. The number of aliphatic hydroxyl groups is 1. The molecule has 1 saturated carbocycles. The highest BCUT2D eigenvalue weighted by atomic mass is 16.6. The number of alkyl carbamates (subject to hydrolysis) is 1. The number of hydrogen-bond donors (Lipinski definition) is 2. The zero-order valence-electron chi connectivity index (χ0n) is 11.7. The van der Waals surface area contributed by atoms with Crippen LogP contribution in [0.25, 0.3) is 0 Å². The highest BCUT2D eigenvalue weighted by Crippen LogP contribution is 2.29. The number of carbonyl (C=O) groups excluding carboxylic acids is 1. The molecule has 0 aromatic heterocycles. The van der Waals surface area contributed by atoms with Gasteiger partial charge >= 0.3 is 6.09 Å². The lowest BCUT2D eigenvalue weighted by molar-refractivity contribution is -0.0508. The second kappa shape index (κ2) is 6.38. The fourth-order valence-corrected chi connectivity index (χ4v) is 1.79. The topological polar surface area (TPSA) is 67.8 Å². The molecule has 1 rings (SSSR count). The molecule has 0 aromatic rings. The third-order valence-electron chi connectivity index (χ3n) is 2.80. The fourth-order valence-electron chi connectivity index (χ4n) is 1.79.